The minimum atomic E-state index is -2.83. The molecule has 0 aliphatic heterocycles. The van der Waals surface area contributed by atoms with Gasteiger partial charge in [-0.2, -0.15) is 8.78 Å². The van der Waals surface area contributed by atoms with E-state index in [1.807, 2.05) is 0 Å². The van der Waals surface area contributed by atoms with Gasteiger partial charge in [0.2, 0.25) is 0 Å². The summed E-state index contributed by atoms with van der Waals surface area (Å²) < 4.78 is 26.1. The summed E-state index contributed by atoms with van der Waals surface area (Å²) in [5, 5.41) is 0. The summed E-state index contributed by atoms with van der Waals surface area (Å²) in [5.41, 5.74) is -1.77. The number of halogens is 2. The van der Waals surface area contributed by atoms with Crippen LogP contribution in [-0.4, -0.2) is 13.1 Å². The number of alkyl halides is 2. The molecule has 1 unspecified atom stereocenters. The van der Waals surface area contributed by atoms with E-state index >= 15 is 0 Å². The first-order valence-corrected chi connectivity index (χ1v) is 6.59. The van der Waals surface area contributed by atoms with E-state index < -0.39 is 5.66 Å². The molecular formula is C13H20F2NP. The number of nitrogens with zero attached hydrogens (tertiary/aromatic N) is 1. The molecule has 1 atom stereocenters. The van der Waals surface area contributed by atoms with E-state index in [1.165, 1.54) is 12.1 Å². The summed E-state index contributed by atoms with van der Waals surface area (Å²) in [5.74, 6) is 0. The maximum absolute atomic E-state index is 13.0. The second-order valence-corrected chi connectivity index (χ2v) is 4.88. The van der Waals surface area contributed by atoms with Crippen molar-refractivity contribution in [2.75, 3.05) is 18.0 Å². The summed E-state index contributed by atoms with van der Waals surface area (Å²) in [4.78, 5) is 2.23. The van der Waals surface area contributed by atoms with Crippen LogP contribution in [0.2, 0.25) is 0 Å². The molecule has 4 heteroatoms. The molecule has 1 rings (SSSR count). The summed E-state index contributed by atoms with van der Waals surface area (Å²) in [6.45, 7) is 6.16. The first-order chi connectivity index (χ1) is 7.99. The molecule has 0 radical (unpaired) electrons. The second-order valence-electron chi connectivity index (χ2n) is 4.16. The molecule has 0 heterocycles. The first-order valence-electron chi connectivity index (χ1n) is 6.01. The molecule has 0 saturated carbocycles. The molecule has 0 aliphatic carbocycles. The Kier molecular flexibility index (Phi) is 5.32. The number of anilines is 1. The summed E-state index contributed by atoms with van der Waals surface area (Å²) >= 11 is 0. The molecule has 0 amide bonds. The topological polar surface area (TPSA) is 3.24 Å². The van der Waals surface area contributed by atoms with Crippen molar-refractivity contribution in [2.24, 2.45) is 0 Å². The van der Waals surface area contributed by atoms with Gasteiger partial charge in [-0.25, -0.2) is 0 Å². The predicted molar refractivity (Wildman–Crippen MR) is 72.8 cm³/mol. The second kappa shape index (κ2) is 6.30. The van der Waals surface area contributed by atoms with E-state index in [-0.39, 0.29) is 5.56 Å². The van der Waals surface area contributed by atoms with E-state index in [2.05, 4.69) is 18.7 Å². The standard InChI is InChI=1S/C13H20F2NP/c1-3-9-16(10-4-2)12-7-5-11(6-8-12)13(14,15)17/h5-8H,3-4,9-10,17H2,1-2H3. The average Bonchev–Trinajstić information content (AvgIpc) is 2.28. The van der Waals surface area contributed by atoms with E-state index in [0.717, 1.165) is 31.6 Å². The minimum Gasteiger partial charge on any atom is -0.372 e. The largest absolute Gasteiger partial charge is 0.372 e. The van der Waals surface area contributed by atoms with E-state index in [1.54, 1.807) is 21.4 Å². The van der Waals surface area contributed by atoms with Crippen molar-refractivity contribution >= 4 is 14.9 Å². The molecule has 0 saturated heterocycles. The minimum absolute atomic E-state index is 0.0409. The zero-order valence-corrected chi connectivity index (χ0v) is 11.6. The Labute approximate surface area is 104 Å². The van der Waals surface area contributed by atoms with Crippen LogP contribution in [0, 0.1) is 0 Å². The van der Waals surface area contributed by atoms with Crippen LogP contribution >= 0.6 is 9.24 Å². The molecule has 0 N–H and O–H groups in total. The Hall–Kier alpha value is -0.690. The maximum Gasteiger partial charge on any atom is 0.283 e. The molecule has 1 aromatic carbocycles. The molecule has 96 valence electrons. The highest BCUT2D eigenvalue weighted by Gasteiger charge is 2.24. The van der Waals surface area contributed by atoms with Gasteiger partial charge in [-0.05, 0) is 25.0 Å². The third kappa shape index (κ3) is 4.23. The van der Waals surface area contributed by atoms with Crippen LogP contribution in [0.5, 0.6) is 0 Å². The van der Waals surface area contributed by atoms with Crippen LogP contribution in [-0.2, 0) is 5.66 Å². The highest BCUT2D eigenvalue weighted by Crippen LogP contribution is 2.35. The normalized spacial score (nSPS) is 11.6. The van der Waals surface area contributed by atoms with Gasteiger partial charge in [0, 0.05) is 24.3 Å². The van der Waals surface area contributed by atoms with Crippen molar-refractivity contribution in [3.05, 3.63) is 29.8 Å². The molecule has 0 aromatic heterocycles. The monoisotopic (exact) mass is 259 g/mol. The van der Waals surface area contributed by atoms with Gasteiger partial charge in [0.05, 0.1) is 0 Å². The first kappa shape index (κ1) is 14.4. The summed E-state index contributed by atoms with van der Waals surface area (Å²) in [6.07, 6.45) is 2.11. The van der Waals surface area contributed by atoms with Crippen molar-refractivity contribution in [2.45, 2.75) is 32.4 Å². The van der Waals surface area contributed by atoms with Gasteiger partial charge >= 0.3 is 0 Å². The molecule has 0 fully saturated rings. The molecule has 17 heavy (non-hydrogen) atoms. The number of benzene rings is 1. The van der Waals surface area contributed by atoms with Crippen LogP contribution in [0.4, 0.5) is 14.5 Å². The molecule has 0 bridgehead atoms. The Morgan fingerprint density at radius 2 is 1.53 bits per heavy atom. The Balaban J connectivity index is 2.84. The maximum atomic E-state index is 13.0. The molecule has 0 spiro atoms. The lowest BCUT2D eigenvalue weighted by atomic mass is 10.2. The van der Waals surface area contributed by atoms with Gasteiger partial charge in [-0.15, -0.1) is 0 Å². The summed E-state index contributed by atoms with van der Waals surface area (Å²) in [6, 6.07) is 6.55. The van der Waals surface area contributed by atoms with Crippen LogP contribution in [0.3, 0.4) is 0 Å². The SMILES string of the molecule is CCCN(CCC)c1ccc(C(F)(F)P)cc1. The zero-order valence-electron chi connectivity index (χ0n) is 10.4. The van der Waals surface area contributed by atoms with Crippen LogP contribution in [0.1, 0.15) is 32.3 Å². The Morgan fingerprint density at radius 1 is 1.06 bits per heavy atom. The van der Waals surface area contributed by atoms with Gasteiger partial charge < -0.3 is 4.90 Å². The van der Waals surface area contributed by atoms with Gasteiger partial charge in [-0.1, -0.05) is 35.2 Å². The molecule has 1 aromatic rings. The molecule has 0 aliphatic rings. The van der Waals surface area contributed by atoms with Crippen LogP contribution < -0.4 is 4.90 Å². The van der Waals surface area contributed by atoms with Gasteiger partial charge in [0.25, 0.3) is 5.66 Å². The van der Waals surface area contributed by atoms with Gasteiger partial charge in [0.1, 0.15) is 0 Å². The third-order valence-electron chi connectivity index (χ3n) is 2.60. The fraction of sp³-hybridized carbons (Fsp3) is 0.538. The number of rotatable bonds is 6. The van der Waals surface area contributed by atoms with E-state index in [9.17, 15) is 8.78 Å². The van der Waals surface area contributed by atoms with E-state index in [0.29, 0.717) is 0 Å². The quantitative estimate of drug-likeness (QED) is 0.691. The fourth-order valence-electron chi connectivity index (χ4n) is 1.80. The number of hydrogen-bond acceptors (Lipinski definition) is 1. The third-order valence-corrected chi connectivity index (χ3v) is 2.94. The fourth-order valence-corrected chi connectivity index (χ4v) is 2.00. The predicted octanol–water partition coefficient (Wildman–Crippen LogP) is 4.24. The van der Waals surface area contributed by atoms with Crippen molar-refractivity contribution in [1.82, 2.24) is 0 Å². The lowest BCUT2D eigenvalue weighted by Gasteiger charge is -2.24. The van der Waals surface area contributed by atoms with E-state index in [4.69, 9.17) is 0 Å². The lowest BCUT2D eigenvalue weighted by molar-refractivity contribution is 0.104. The molecule has 1 nitrogen and oxygen atoms in total. The van der Waals surface area contributed by atoms with Crippen LogP contribution in [0.25, 0.3) is 0 Å². The van der Waals surface area contributed by atoms with Crippen molar-refractivity contribution in [3.8, 4) is 0 Å². The lowest BCUT2D eigenvalue weighted by Crippen LogP contribution is -2.24. The van der Waals surface area contributed by atoms with Crippen molar-refractivity contribution < 1.29 is 8.78 Å². The van der Waals surface area contributed by atoms with Gasteiger partial charge in [-0.3, -0.25) is 0 Å². The summed E-state index contributed by atoms with van der Waals surface area (Å²) in [7, 11) is 1.57. The smallest absolute Gasteiger partial charge is 0.283 e. The molecular weight excluding hydrogens is 239 g/mol. The number of hydrogen-bond donors (Lipinski definition) is 0. The average molecular weight is 259 g/mol. The Morgan fingerprint density at radius 3 is 1.88 bits per heavy atom. The Bertz CT molecular complexity index is 326. The van der Waals surface area contributed by atoms with Crippen molar-refractivity contribution in [1.29, 1.82) is 0 Å². The van der Waals surface area contributed by atoms with Crippen LogP contribution in [0.15, 0.2) is 24.3 Å². The van der Waals surface area contributed by atoms with Gasteiger partial charge in [0.15, 0.2) is 0 Å². The highest BCUT2D eigenvalue weighted by atomic mass is 31.0. The van der Waals surface area contributed by atoms with Crippen molar-refractivity contribution in [3.63, 3.8) is 0 Å². The highest BCUT2D eigenvalue weighted by molar-refractivity contribution is 7.17. The zero-order chi connectivity index (χ0) is 12.9.